The molecule has 2 aromatic rings. The fourth-order valence-corrected chi connectivity index (χ4v) is 1.66. The van der Waals surface area contributed by atoms with E-state index in [2.05, 4.69) is 0 Å². The highest BCUT2D eigenvalue weighted by atomic mass is 16.6. The SMILES string of the molecule is Cc1cc(C(=O)O)ccc1Oc1ccc([N+](=O)[O-])cc1. The Morgan fingerprint density at radius 1 is 1.20 bits per heavy atom. The molecule has 0 atom stereocenters. The van der Waals surface area contributed by atoms with E-state index in [1.165, 1.54) is 36.4 Å². The zero-order valence-electron chi connectivity index (χ0n) is 10.6. The van der Waals surface area contributed by atoms with Crippen molar-refractivity contribution in [3.8, 4) is 11.5 Å². The predicted molar refractivity (Wildman–Crippen MR) is 71.3 cm³/mol. The zero-order chi connectivity index (χ0) is 14.7. The molecule has 0 aliphatic carbocycles. The number of benzene rings is 2. The van der Waals surface area contributed by atoms with Crippen LogP contribution in [0.2, 0.25) is 0 Å². The smallest absolute Gasteiger partial charge is 0.335 e. The first-order chi connectivity index (χ1) is 9.47. The van der Waals surface area contributed by atoms with Crippen LogP contribution in [0.25, 0.3) is 0 Å². The van der Waals surface area contributed by atoms with Gasteiger partial charge in [-0.2, -0.15) is 0 Å². The van der Waals surface area contributed by atoms with E-state index in [4.69, 9.17) is 9.84 Å². The Hall–Kier alpha value is -2.89. The minimum absolute atomic E-state index is 0.0182. The van der Waals surface area contributed by atoms with Gasteiger partial charge < -0.3 is 9.84 Å². The standard InChI is InChI=1S/C14H11NO5/c1-9-8-10(14(16)17)2-7-13(9)20-12-5-3-11(4-6-12)15(18)19/h2-8H,1H3,(H,16,17). The van der Waals surface area contributed by atoms with Crippen LogP contribution < -0.4 is 4.74 Å². The molecule has 2 aromatic carbocycles. The van der Waals surface area contributed by atoms with Gasteiger partial charge in [0.1, 0.15) is 11.5 Å². The van der Waals surface area contributed by atoms with Crippen LogP contribution in [0.5, 0.6) is 11.5 Å². The second-order valence-corrected chi connectivity index (χ2v) is 4.14. The first kappa shape index (κ1) is 13.5. The van der Waals surface area contributed by atoms with Gasteiger partial charge in [-0.3, -0.25) is 10.1 Å². The van der Waals surface area contributed by atoms with Crippen LogP contribution in [-0.2, 0) is 0 Å². The first-order valence-electron chi connectivity index (χ1n) is 5.73. The summed E-state index contributed by atoms with van der Waals surface area (Å²) in [6.07, 6.45) is 0. The lowest BCUT2D eigenvalue weighted by molar-refractivity contribution is -0.384. The summed E-state index contributed by atoms with van der Waals surface area (Å²) in [7, 11) is 0. The van der Waals surface area contributed by atoms with Crippen LogP contribution >= 0.6 is 0 Å². The predicted octanol–water partition coefficient (Wildman–Crippen LogP) is 3.39. The molecule has 2 rings (SSSR count). The molecule has 0 aromatic heterocycles. The van der Waals surface area contributed by atoms with Gasteiger partial charge in [-0.05, 0) is 42.8 Å². The van der Waals surface area contributed by atoms with E-state index >= 15 is 0 Å². The molecule has 0 radical (unpaired) electrons. The van der Waals surface area contributed by atoms with Gasteiger partial charge >= 0.3 is 5.97 Å². The van der Waals surface area contributed by atoms with Crippen molar-refractivity contribution in [2.24, 2.45) is 0 Å². The number of non-ortho nitro benzene ring substituents is 1. The molecule has 6 nitrogen and oxygen atoms in total. The summed E-state index contributed by atoms with van der Waals surface area (Å²) in [6.45, 7) is 1.73. The number of carbonyl (C=O) groups is 1. The molecule has 102 valence electrons. The van der Waals surface area contributed by atoms with Crippen LogP contribution in [0.3, 0.4) is 0 Å². The molecule has 0 fully saturated rings. The summed E-state index contributed by atoms with van der Waals surface area (Å²) >= 11 is 0. The van der Waals surface area contributed by atoms with Crippen molar-refractivity contribution in [3.63, 3.8) is 0 Å². The maximum Gasteiger partial charge on any atom is 0.335 e. The van der Waals surface area contributed by atoms with Gasteiger partial charge in [-0.25, -0.2) is 4.79 Å². The molecule has 1 N–H and O–H groups in total. The molecule has 0 saturated heterocycles. The molecular weight excluding hydrogens is 262 g/mol. The molecule has 0 spiro atoms. The van der Waals surface area contributed by atoms with Gasteiger partial charge in [0, 0.05) is 12.1 Å². The second-order valence-electron chi connectivity index (χ2n) is 4.14. The Kier molecular flexibility index (Phi) is 3.65. The third-order valence-corrected chi connectivity index (χ3v) is 2.70. The van der Waals surface area contributed by atoms with E-state index in [0.717, 1.165) is 0 Å². The average Bonchev–Trinajstić information content (AvgIpc) is 2.41. The molecule has 0 amide bonds. The number of carboxylic acid groups (broad SMARTS) is 1. The number of nitro groups is 1. The Morgan fingerprint density at radius 2 is 1.85 bits per heavy atom. The summed E-state index contributed by atoms with van der Waals surface area (Å²) in [5.41, 5.74) is 0.831. The van der Waals surface area contributed by atoms with Gasteiger partial charge in [0.15, 0.2) is 0 Å². The van der Waals surface area contributed by atoms with E-state index in [0.29, 0.717) is 17.1 Å². The van der Waals surface area contributed by atoms with Gasteiger partial charge in [0.25, 0.3) is 5.69 Å². The van der Waals surface area contributed by atoms with Crippen molar-refractivity contribution in [2.75, 3.05) is 0 Å². The van der Waals surface area contributed by atoms with Gasteiger partial charge in [0.05, 0.1) is 10.5 Å². The number of ether oxygens (including phenoxy) is 1. The molecule has 0 aliphatic rings. The molecule has 20 heavy (non-hydrogen) atoms. The molecule has 0 saturated carbocycles. The Labute approximate surface area is 114 Å². The Bertz CT molecular complexity index is 664. The number of nitrogens with zero attached hydrogens (tertiary/aromatic N) is 1. The van der Waals surface area contributed by atoms with E-state index in [9.17, 15) is 14.9 Å². The van der Waals surface area contributed by atoms with Crippen LogP contribution in [0.1, 0.15) is 15.9 Å². The Balaban J connectivity index is 2.21. The highest BCUT2D eigenvalue weighted by Gasteiger charge is 2.09. The molecule has 0 aliphatic heterocycles. The quantitative estimate of drug-likeness (QED) is 0.681. The highest BCUT2D eigenvalue weighted by Crippen LogP contribution is 2.27. The monoisotopic (exact) mass is 273 g/mol. The normalized spacial score (nSPS) is 10.1. The molecule has 0 heterocycles. The molecule has 6 heteroatoms. The van der Waals surface area contributed by atoms with Gasteiger partial charge in [0.2, 0.25) is 0 Å². The van der Waals surface area contributed by atoms with Crippen molar-refractivity contribution in [2.45, 2.75) is 6.92 Å². The number of aryl methyl sites for hydroxylation is 1. The summed E-state index contributed by atoms with van der Waals surface area (Å²) in [5.74, 6) is -0.0550. The first-order valence-corrected chi connectivity index (χ1v) is 5.73. The number of nitro benzene ring substituents is 1. The van der Waals surface area contributed by atoms with Crippen LogP contribution in [0.4, 0.5) is 5.69 Å². The highest BCUT2D eigenvalue weighted by molar-refractivity contribution is 5.88. The topological polar surface area (TPSA) is 89.7 Å². The maximum absolute atomic E-state index is 10.8. The second kappa shape index (κ2) is 5.40. The van der Waals surface area contributed by atoms with E-state index < -0.39 is 10.9 Å². The minimum atomic E-state index is -1.00. The summed E-state index contributed by atoms with van der Waals surface area (Å²) in [6, 6.07) is 10.2. The third-order valence-electron chi connectivity index (χ3n) is 2.70. The minimum Gasteiger partial charge on any atom is -0.478 e. The molecule has 0 bridgehead atoms. The van der Waals surface area contributed by atoms with Crippen molar-refractivity contribution in [1.29, 1.82) is 0 Å². The van der Waals surface area contributed by atoms with Gasteiger partial charge in [-0.1, -0.05) is 0 Å². The van der Waals surface area contributed by atoms with E-state index in [-0.39, 0.29) is 11.3 Å². The van der Waals surface area contributed by atoms with Crippen LogP contribution in [0.15, 0.2) is 42.5 Å². The number of hydrogen-bond acceptors (Lipinski definition) is 4. The van der Waals surface area contributed by atoms with Crippen molar-refractivity contribution in [3.05, 3.63) is 63.7 Å². The maximum atomic E-state index is 10.8. The summed E-state index contributed by atoms with van der Waals surface area (Å²) in [4.78, 5) is 20.9. The largest absolute Gasteiger partial charge is 0.478 e. The molecule has 0 unspecified atom stereocenters. The lowest BCUT2D eigenvalue weighted by Crippen LogP contribution is -1.97. The number of aromatic carboxylic acids is 1. The van der Waals surface area contributed by atoms with Gasteiger partial charge in [-0.15, -0.1) is 0 Å². The lowest BCUT2D eigenvalue weighted by Gasteiger charge is -2.09. The van der Waals surface area contributed by atoms with Crippen molar-refractivity contribution in [1.82, 2.24) is 0 Å². The summed E-state index contributed by atoms with van der Waals surface area (Å²) in [5, 5.41) is 19.4. The lowest BCUT2D eigenvalue weighted by atomic mass is 10.1. The summed E-state index contributed by atoms with van der Waals surface area (Å²) < 4.78 is 5.56. The van der Waals surface area contributed by atoms with Crippen LogP contribution in [-0.4, -0.2) is 16.0 Å². The molecular formula is C14H11NO5. The van der Waals surface area contributed by atoms with E-state index in [1.807, 2.05) is 0 Å². The number of rotatable bonds is 4. The number of hydrogen-bond donors (Lipinski definition) is 1. The average molecular weight is 273 g/mol. The fraction of sp³-hybridized carbons (Fsp3) is 0.0714. The van der Waals surface area contributed by atoms with Crippen LogP contribution in [0, 0.1) is 17.0 Å². The van der Waals surface area contributed by atoms with Crippen molar-refractivity contribution >= 4 is 11.7 Å². The third kappa shape index (κ3) is 2.92. The zero-order valence-corrected chi connectivity index (χ0v) is 10.6. The fourth-order valence-electron chi connectivity index (χ4n) is 1.66. The van der Waals surface area contributed by atoms with E-state index in [1.54, 1.807) is 13.0 Å². The Morgan fingerprint density at radius 3 is 2.35 bits per heavy atom. The van der Waals surface area contributed by atoms with Crippen molar-refractivity contribution < 1.29 is 19.6 Å². The number of carboxylic acids is 1.